The molecule has 2 unspecified atom stereocenters. The third kappa shape index (κ3) is 6.04. The van der Waals surface area contributed by atoms with E-state index in [4.69, 9.17) is 9.47 Å². The second-order valence-electron chi connectivity index (χ2n) is 8.76. The molecule has 1 fully saturated rings. The minimum absolute atomic E-state index is 0.133. The van der Waals surface area contributed by atoms with Crippen LogP contribution < -0.4 is 9.47 Å². The largest absolute Gasteiger partial charge is 0.497 e. The topological polar surface area (TPSA) is 65.6 Å². The first kappa shape index (κ1) is 25.5. The zero-order valence-corrected chi connectivity index (χ0v) is 21.2. The van der Waals surface area contributed by atoms with Gasteiger partial charge in [0.15, 0.2) is 0 Å². The minimum Gasteiger partial charge on any atom is -0.497 e. The molecule has 0 aromatic heterocycles. The van der Waals surface area contributed by atoms with Gasteiger partial charge in [-0.1, -0.05) is 24.3 Å². The summed E-state index contributed by atoms with van der Waals surface area (Å²) in [4.78, 5) is 2.09. The fourth-order valence-corrected chi connectivity index (χ4v) is 6.21. The molecule has 1 heterocycles. The van der Waals surface area contributed by atoms with Gasteiger partial charge in [-0.25, -0.2) is 18.4 Å². The molecule has 8 nitrogen and oxygen atoms in total. The Hall–Kier alpha value is -2.17. The van der Waals surface area contributed by atoms with Crippen molar-refractivity contribution in [2.24, 2.45) is 0 Å². The SMILES string of the molecule is COc1ccc(CN(Cc2ccc(OC)cc2)S(=O)(=O)C2CC(CN(C)C)N(C)N2C)cc1. The highest BCUT2D eigenvalue weighted by Gasteiger charge is 2.44. The van der Waals surface area contributed by atoms with Crippen LogP contribution in [0.3, 0.4) is 0 Å². The van der Waals surface area contributed by atoms with Crippen LogP contribution in [-0.4, -0.2) is 88.0 Å². The van der Waals surface area contributed by atoms with Gasteiger partial charge in [0.25, 0.3) is 0 Å². The van der Waals surface area contributed by atoms with Gasteiger partial charge in [-0.15, -0.1) is 0 Å². The fourth-order valence-electron chi connectivity index (χ4n) is 4.20. The van der Waals surface area contributed by atoms with E-state index in [1.165, 1.54) is 0 Å². The quantitative estimate of drug-likeness (QED) is 0.522. The number of ether oxygens (including phenoxy) is 2. The van der Waals surface area contributed by atoms with Crippen LogP contribution in [0.15, 0.2) is 48.5 Å². The Morgan fingerprint density at radius 3 is 1.70 bits per heavy atom. The van der Waals surface area contributed by atoms with Crippen LogP contribution >= 0.6 is 0 Å². The number of likely N-dealkylation sites (N-methyl/N-ethyl adjacent to an activating group) is 2. The smallest absolute Gasteiger partial charge is 0.232 e. The first-order valence-electron chi connectivity index (χ1n) is 11.0. The first-order chi connectivity index (χ1) is 15.6. The predicted molar refractivity (Wildman–Crippen MR) is 130 cm³/mol. The molecule has 9 heteroatoms. The van der Waals surface area contributed by atoms with Crippen LogP contribution in [0.1, 0.15) is 17.5 Å². The third-order valence-electron chi connectivity index (χ3n) is 6.23. The van der Waals surface area contributed by atoms with Gasteiger partial charge in [-0.3, -0.25) is 0 Å². The van der Waals surface area contributed by atoms with E-state index in [2.05, 4.69) is 4.90 Å². The van der Waals surface area contributed by atoms with E-state index < -0.39 is 15.4 Å². The molecular formula is C24H36N4O4S. The van der Waals surface area contributed by atoms with Gasteiger partial charge in [-0.2, -0.15) is 4.31 Å². The number of rotatable bonds is 10. The zero-order chi connectivity index (χ0) is 24.2. The predicted octanol–water partition coefficient (Wildman–Crippen LogP) is 2.47. The lowest BCUT2D eigenvalue weighted by Gasteiger charge is -2.31. The van der Waals surface area contributed by atoms with E-state index in [-0.39, 0.29) is 19.1 Å². The zero-order valence-electron chi connectivity index (χ0n) is 20.4. The lowest BCUT2D eigenvalue weighted by Crippen LogP contribution is -2.46. The highest BCUT2D eigenvalue weighted by atomic mass is 32.2. The van der Waals surface area contributed by atoms with Crippen molar-refractivity contribution >= 4 is 10.0 Å². The van der Waals surface area contributed by atoms with Crippen LogP contribution in [0.25, 0.3) is 0 Å². The molecule has 2 aromatic carbocycles. The molecule has 0 saturated carbocycles. The maximum Gasteiger partial charge on any atom is 0.232 e. The maximum absolute atomic E-state index is 14.0. The molecule has 0 radical (unpaired) electrons. The van der Waals surface area contributed by atoms with Gasteiger partial charge in [0.1, 0.15) is 16.9 Å². The number of sulfonamides is 1. The second kappa shape index (κ2) is 10.8. The summed E-state index contributed by atoms with van der Waals surface area (Å²) in [6.07, 6.45) is 0.551. The highest BCUT2D eigenvalue weighted by Crippen LogP contribution is 2.30. The van der Waals surface area contributed by atoms with Gasteiger partial charge >= 0.3 is 0 Å². The van der Waals surface area contributed by atoms with Crippen LogP contribution in [-0.2, 0) is 23.1 Å². The van der Waals surface area contributed by atoms with Crippen molar-refractivity contribution in [3.63, 3.8) is 0 Å². The van der Waals surface area contributed by atoms with E-state index in [1.807, 2.05) is 86.7 Å². The molecule has 0 spiro atoms. The van der Waals surface area contributed by atoms with Crippen LogP contribution in [0, 0.1) is 0 Å². The summed E-state index contributed by atoms with van der Waals surface area (Å²) in [5, 5.41) is 3.28. The minimum atomic E-state index is -3.64. The molecular weight excluding hydrogens is 440 g/mol. The van der Waals surface area contributed by atoms with Gasteiger partial charge in [0, 0.05) is 39.8 Å². The Balaban J connectivity index is 1.90. The number of benzene rings is 2. The monoisotopic (exact) mass is 476 g/mol. The molecule has 0 bridgehead atoms. The molecule has 1 aliphatic rings. The Bertz CT molecular complexity index is 947. The van der Waals surface area contributed by atoms with Crippen molar-refractivity contribution in [3.05, 3.63) is 59.7 Å². The van der Waals surface area contributed by atoms with Crippen LogP contribution in [0.4, 0.5) is 0 Å². The van der Waals surface area contributed by atoms with E-state index in [0.717, 1.165) is 29.2 Å². The standard InChI is InChI=1S/C24H36N4O4S/c1-25(2)18-21-15-24(27(4)26(21)3)33(29,30)28(16-19-7-11-22(31-5)12-8-19)17-20-9-13-23(32-6)14-10-20/h7-14,21,24H,15-18H2,1-6H3. The van der Waals surface area contributed by atoms with Gasteiger partial charge in [-0.05, 0) is 55.9 Å². The van der Waals surface area contributed by atoms with Crippen molar-refractivity contribution in [3.8, 4) is 11.5 Å². The Morgan fingerprint density at radius 2 is 1.30 bits per heavy atom. The van der Waals surface area contributed by atoms with E-state index >= 15 is 0 Å². The summed E-state index contributed by atoms with van der Waals surface area (Å²) in [6, 6.07) is 15.2. The lowest BCUT2D eigenvalue weighted by atomic mass is 10.2. The van der Waals surface area contributed by atoms with Crippen molar-refractivity contribution < 1.29 is 17.9 Å². The van der Waals surface area contributed by atoms with Crippen molar-refractivity contribution in [1.29, 1.82) is 0 Å². The summed E-state index contributed by atoms with van der Waals surface area (Å²) in [5.74, 6) is 1.49. The van der Waals surface area contributed by atoms with Crippen molar-refractivity contribution in [1.82, 2.24) is 19.2 Å². The van der Waals surface area contributed by atoms with Gasteiger partial charge in [0.2, 0.25) is 10.0 Å². The average Bonchev–Trinajstić information content (AvgIpc) is 3.08. The summed E-state index contributed by atoms with van der Waals surface area (Å²) in [6.45, 7) is 1.36. The van der Waals surface area contributed by atoms with Crippen molar-refractivity contribution in [2.45, 2.75) is 30.9 Å². The lowest BCUT2D eigenvalue weighted by molar-refractivity contribution is 0.0347. The van der Waals surface area contributed by atoms with Gasteiger partial charge in [0.05, 0.1) is 14.2 Å². The number of hydrogen-bond donors (Lipinski definition) is 0. The van der Waals surface area contributed by atoms with E-state index in [0.29, 0.717) is 6.42 Å². The molecule has 182 valence electrons. The molecule has 0 amide bonds. The van der Waals surface area contributed by atoms with Crippen LogP contribution in [0.2, 0.25) is 0 Å². The van der Waals surface area contributed by atoms with Gasteiger partial charge < -0.3 is 14.4 Å². The number of hydrazine groups is 1. The molecule has 33 heavy (non-hydrogen) atoms. The maximum atomic E-state index is 14.0. The summed E-state index contributed by atoms with van der Waals surface area (Å²) >= 11 is 0. The molecule has 0 aliphatic carbocycles. The second-order valence-corrected chi connectivity index (χ2v) is 10.9. The molecule has 1 aliphatic heterocycles. The molecule has 3 rings (SSSR count). The Morgan fingerprint density at radius 1 is 0.848 bits per heavy atom. The molecule has 2 atom stereocenters. The highest BCUT2D eigenvalue weighted by molar-refractivity contribution is 7.89. The summed E-state index contributed by atoms with van der Waals surface area (Å²) < 4.78 is 40.0. The van der Waals surface area contributed by atoms with E-state index in [9.17, 15) is 8.42 Å². The van der Waals surface area contributed by atoms with Crippen molar-refractivity contribution in [2.75, 3.05) is 49.0 Å². The third-order valence-corrected chi connectivity index (χ3v) is 8.40. The molecule has 0 N–H and O–H groups in total. The number of methoxy groups -OCH3 is 2. The molecule has 2 aromatic rings. The number of nitrogens with zero attached hydrogens (tertiary/aromatic N) is 4. The van der Waals surface area contributed by atoms with Crippen LogP contribution in [0.5, 0.6) is 11.5 Å². The van der Waals surface area contributed by atoms with E-state index in [1.54, 1.807) is 18.5 Å². The molecule has 1 saturated heterocycles. The normalized spacial score (nSPS) is 20.0. The number of hydrogen-bond acceptors (Lipinski definition) is 7. The fraction of sp³-hybridized carbons (Fsp3) is 0.500. The Kier molecular flexibility index (Phi) is 8.36. The Labute approximate surface area is 198 Å². The first-order valence-corrected chi connectivity index (χ1v) is 12.5. The average molecular weight is 477 g/mol. The summed E-state index contributed by atoms with van der Waals surface area (Å²) in [7, 11) is 7.43. The summed E-state index contributed by atoms with van der Waals surface area (Å²) in [5.41, 5.74) is 1.82.